The van der Waals surface area contributed by atoms with E-state index >= 15 is 0 Å². The third kappa shape index (κ3) is 4.31. The zero-order chi connectivity index (χ0) is 12.6. The first-order chi connectivity index (χ1) is 8.26. The van der Waals surface area contributed by atoms with Crippen LogP contribution in [0.4, 0.5) is 5.69 Å². The number of allylic oxidation sites excluding steroid dienone is 1. The van der Waals surface area contributed by atoms with Crippen LogP contribution >= 0.6 is 0 Å². The molecule has 0 aliphatic rings. The van der Waals surface area contributed by atoms with E-state index in [4.69, 9.17) is 13.3 Å². The molecule has 1 rings (SSSR count). The lowest BCUT2D eigenvalue weighted by Crippen LogP contribution is -2.44. The van der Waals surface area contributed by atoms with E-state index in [9.17, 15) is 0 Å². The Labute approximate surface area is 104 Å². The molecule has 5 heteroatoms. The van der Waals surface area contributed by atoms with Crippen molar-refractivity contribution in [2.24, 2.45) is 0 Å². The predicted molar refractivity (Wildman–Crippen MR) is 70.8 cm³/mol. The first-order valence-corrected chi connectivity index (χ1v) is 7.33. The number of benzene rings is 1. The maximum absolute atomic E-state index is 5.68. The number of para-hydroxylation sites is 1. The Hall–Kier alpha value is -1.14. The van der Waals surface area contributed by atoms with E-state index in [0.29, 0.717) is 12.8 Å². The lowest BCUT2D eigenvalue weighted by atomic mass is 10.3. The highest BCUT2D eigenvalue weighted by atomic mass is 28.4. The van der Waals surface area contributed by atoms with E-state index in [-0.39, 0.29) is 0 Å². The summed E-state index contributed by atoms with van der Waals surface area (Å²) in [6.07, 6.45) is 1.75. The first-order valence-electron chi connectivity index (χ1n) is 5.40. The van der Waals surface area contributed by atoms with Crippen molar-refractivity contribution in [2.75, 3.05) is 26.3 Å². The average Bonchev–Trinajstić information content (AvgIpc) is 2.39. The number of rotatable bonds is 8. The molecule has 0 saturated carbocycles. The van der Waals surface area contributed by atoms with Crippen LogP contribution in [0.3, 0.4) is 0 Å². The van der Waals surface area contributed by atoms with Crippen LogP contribution in [0.5, 0.6) is 0 Å². The molecule has 1 aromatic carbocycles. The molecule has 94 valence electrons. The number of anilines is 1. The van der Waals surface area contributed by atoms with Crippen molar-refractivity contribution >= 4 is 14.5 Å². The molecule has 0 bridgehead atoms. The topological polar surface area (TPSA) is 39.7 Å². The van der Waals surface area contributed by atoms with Gasteiger partial charge in [0, 0.05) is 26.0 Å². The fourth-order valence-corrected chi connectivity index (χ4v) is 2.89. The molecule has 1 aromatic rings. The van der Waals surface area contributed by atoms with E-state index < -0.39 is 8.80 Å². The van der Waals surface area contributed by atoms with E-state index in [0.717, 1.165) is 5.69 Å². The maximum Gasteiger partial charge on any atom is 0.505 e. The van der Waals surface area contributed by atoms with Gasteiger partial charge in [0.2, 0.25) is 0 Å². The molecular weight excluding hydrogens is 234 g/mol. The fourth-order valence-electron chi connectivity index (χ4n) is 1.39. The van der Waals surface area contributed by atoms with Crippen molar-refractivity contribution in [3.8, 4) is 0 Å². The van der Waals surface area contributed by atoms with Gasteiger partial charge in [-0.15, -0.1) is 6.58 Å². The number of hydrogen-bond acceptors (Lipinski definition) is 4. The molecule has 0 heterocycles. The van der Waals surface area contributed by atoms with Crippen molar-refractivity contribution in [2.45, 2.75) is 6.04 Å². The van der Waals surface area contributed by atoms with Gasteiger partial charge in [0.05, 0.1) is 0 Å². The Bertz CT molecular complexity index is 328. The van der Waals surface area contributed by atoms with Crippen molar-refractivity contribution in [1.82, 2.24) is 0 Å². The van der Waals surface area contributed by atoms with Gasteiger partial charge in [-0.1, -0.05) is 24.3 Å². The molecule has 0 amide bonds. The van der Waals surface area contributed by atoms with Crippen LogP contribution in [-0.4, -0.2) is 29.8 Å². The SMILES string of the molecule is C=CC[Si](OC)(OC)OCNc1ccccc1. The minimum Gasteiger partial charge on any atom is -0.377 e. The lowest BCUT2D eigenvalue weighted by molar-refractivity contribution is 0.109. The summed E-state index contributed by atoms with van der Waals surface area (Å²) in [7, 11) is 0.620. The summed E-state index contributed by atoms with van der Waals surface area (Å²) in [6.45, 7) is 4.03. The zero-order valence-electron chi connectivity index (χ0n) is 10.3. The first kappa shape index (κ1) is 13.9. The maximum atomic E-state index is 5.68. The summed E-state index contributed by atoms with van der Waals surface area (Å²) in [5, 5.41) is 3.15. The third-order valence-corrected chi connectivity index (χ3v) is 4.98. The molecule has 17 heavy (non-hydrogen) atoms. The Morgan fingerprint density at radius 3 is 2.41 bits per heavy atom. The van der Waals surface area contributed by atoms with Gasteiger partial charge in [0.25, 0.3) is 0 Å². The highest BCUT2D eigenvalue weighted by Crippen LogP contribution is 2.14. The standard InChI is InChI=1S/C12H19NO3Si/c1-4-10-17(14-2,15-3)16-11-13-12-8-6-5-7-9-12/h4-9,13H,1,10-11H2,2-3H3. The average molecular weight is 253 g/mol. The molecule has 0 atom stereocenters. The summed E-state index contributed by atoms with van der Waals surface area (Å²) in [5.74, 6) is 0. The van der Waals surface area contributed by atoms with Crippen LogP contribution < -0.4 is 5.32 Å². The molecule has 0 spiro atoms. The van der Waals surface area contributed by atoms with Gasteiger partial charge in [-0.05, 0) is 12.1 Å². The Morgan fingerprint density at radius 2 is 1.88 bits per heavy atom. The molecule has 0 aliphatic heterocycles. The second-order valence-corrected chi connectivity index (χ2v) is 6.29. The number of hydrogen-bond donors (Lipinski definition) is 1. The van der Waals surface area contributed by atoms with Gasteiger partial charge >= 0.3 is 8.80 Å². The Balaban J connectivity index is 2.44. The molecule has 0 aliphatic carbocycles. The Morgan fingerprint density at radius 1 is 1.24 bits per heavy atom. The molecule has 0 fully saturated rings. The summed E-state index contributed by atoms with van der Waals surface area (Å²) in [4.78, 5) is 0. The summed E-state index contributed by atoms with van der Waals surface area (Å²) < 4.78 is 16.4. The molecule has 1 N–H and O–H groups in total. The monoisotopic (exact) mass is 253 g/mol. The number of nitrogens with one attached hydrogen (secondary N) is 1. The minimum atomic E-state index is -2.58. The van der Waals surface area contributed by atoms with Gasteiger partial charge in [0.1, 0.15) is 6.73 Å². The van der Waals surface area contributed by atoms with Gasteiger partial charge < -0.3 is 18.6 Å². The summed E-state index contributed by atoms with van der Waals surface area (Å²) in [5.41, 5.74) is 1.00. The second-order valence-electron chi connectivity index (χ2n) is 3.42. The quantitative estimate of drug-likeness (QED) is 0.439. The van der Waals surface area contributed by atoms with E-state index in [1.807, 2.05) is 30.3 Å². The second kappa shape index (κ2) is 7.23. The molecule has 0 unspecified atom stereocenters. The van der Waals surface area contributed by atoms with Gasteiger partial charge in [0.15, 0.2) is 0 Å². The van der Waals surface area contributed by atoms with E-state index in [1.165, 1.54) is 0 Å². The van der Waals surface area contributed by atoms with Crippen LogP contribution in [0.2, 0.25) is 6.04 Å². The molecule has 0 radical (unpaired) electrons. The predicted octanol–water partition coefficient (Wildman–Crippen LogP) is 2.49. The van der Waals surface area contributed by atoms with Gasteiger partial charge in [-0.3, -0.25) is 0 Å². The van der Waals surface area contributed by atoms with Crippen LogP contribution in [0.1, 0.15) is 0 Å². The minimum absolute atomic E-state index is 0.353. The van der Waals surface area contributed by atoms with E-state index in [2.05, 4.69) is 11.9 Å². The van der Waals surface area contributed by atoms with Crippen LogP contribution in [0, 0.1) is 0 Å². The summed E-state index contributed by atoms with van der Waals surface area (Å²) >= 11 is 0. The molecular formula is C12H19NO3Si. The molecule has 0 saturated heterocycles. The highest BCUT2D eigenvalue weighted by molar-refractivity contribution is 6.61. The molecule has 4 nitrogen and oxygen atoms in total. The van der Waals surface area contributed by atoms with Crippen LogP contribution in [-0.2, 0) is 13.3 Å². The van der Waals surface area contributed by atoms with Gasteiger partial charge in [-0.25, -0.2) is 0 Å². The third-order valence-electron chi connectivity index (χ3n) is 2.36. The van der Waals surface area contributed by atoms with Gasteiger partial charge in [-0.2, -0.15) is 0 Å². The lowest BCUT2D eigenvalue weighted by Gasteiger charge is -2.25. The highest BCUT2D eigenvalue weighted by Gasteiger charge is 2.37. The van der Waals surface area contributed by atoms with E-state index in [1.54, 1.807) is 20.3 Å². The van der Waals surface area contributed by atoms with Crippen molar-refractivity contribution in [1.29, 1.82) is 0 Å². The van der Waals surface area contributed by atoms with Crippen LogP contribution in [0.25, 0.3) is 0 Å². The largest absolute Gasteiger partial charge is 0.505 e. The van der Waals surface area contributed by atoms with Crippen molar-refractivity contribution < 1.29 is 13.3 Å². The fraction of sp³-hybridized carbons (Fsp3) is 0.333. The Kier molecular flexibility index (Phi) is 5.92. The van der Waals surface area contributed by atoms with Crippen LogP contribution in [0.15, 0.2) is 43.0 Å². The van der Waals surface area contributed by atoms with Crippen molar-refractivity contribution in [3.63, 3.8) is 0 Å². The normalized spacial score (nSPS) is 11.2. The molecule has 0 aromatic heterocycles. The van der Waals surface area contributed by atoms with Crippen molar-refractivity contribution in [3.05, 3.63) is 43.0 Å². The smallest absolute Gasteiger partial charge is 0.377 e. The summed E-state index contributed by atoms with van der Waals surface area (Å²) in [6, 6.07) is 10.4. The zero-order valence-corrected chi connectivity index (χ0v) is 11.3.